The number of methoxy groups -OCH3 is 2. The second kappa shape index (κ2) is 8.18. The van der Waals surface area contributed by atoms with Crippen molar-refractivity contribution in [1.82, 2.24) is 10.2 Å². The summed E-state index contributed by atoms with van der Waals surface area (Å²) in [6, 6.07) is 16.2. The molecule has 138 valence electrons. The molecule has 0 aliphatic heterocycles. The Morgan fingerprint density at radius 3 is 2.26 bits per heavy atom. The molecule has 3 rings (SSSR count). The minimum absolute atomic E-state index is 0.282. The molecule has 0 aliphatic rings. The molecule has 1 heterocycles. The van der Waals surface area contributed by atoms with Gasteiger partial charge in [0.15, 0.2) is 17.3 Å². The number of hydrogen-bond donors (Lipinski definition) is 2. The first-order valence-corrected chi connectivity index (χ1v) is 8.30. The molecule has 0 aliphatic carbocycles. The Kier molecular flexibility index (Phi) is 5.51. The van der Waals surface area contributed by atoms with Crippen LogP contribution in [0, 0.1) is 6.92 Å². The van der Waals surface area contributed by atoms with Crippen LogP contribution in [0.4, 0.5) is 17.2 Å². The smallest absolute Gasteiger partial charge is 0.259 e. The summed E-state index contributed by atoms with van der Waals surface area (Å²) in [6.45, 7) is 1.88. The lowest BCUT2D eigenvalue weighted by Gasteiger charge is -2.13. The van der Waals surface area contributed by atoms with E-state index in [2.05, 4.69) is 20.8 Å². The second-order valence-corrected chi connectivity index (χ2v) is 5.76. The number of rotatable bonds is 6. The highest BCUT2D eigenvalue weighted by Crippen LogP contribution is 2.31. The second-order valence-electron chi connectivity index (χ2n) is 5.76. The van der Waals surface area contributed by atoms with Gasteiger partial charge in [0, 0.05) is 11.4 Å². The lowest BCUT2D eigenvalue weighted by atomic mass is 10.1. The third-order valence-electron chi connectivity index (χ3n) is 3.86. The standard InChI is InChI=1S/C20H20N4O3/c1-13-7-12-18(24-23-13)21-14-8-10-15(11-9-14)22-20(25)16-5-4-6-17(26-2)19(16)27-3/h4-12H,1-3H3,(H,21,24)(H,22,25). The summed E-state index contributed by atoms with van der Waals surface area (Å²) in [6.07, 6.45) is 0. The van der Waals surface area contributed by atoms with Gasteiger partial charge in [-0.25, -0.2) is 0 Å². The van der Waals surface area contributed by atoms with Crippen molar-refractivity contribution in [3.05, 3.63) is 65.9 Å². The number of ether oxygens (including phenoxy) is 2. The van der Waals surface area contributed by atoms with Crippen molar-refractivity contribution >= 4 is 23.1 Å². The first-order chi connectivity index (χ1) is 13.1. The lowest BCUT2D eigenvalue weighted by molar-refractivity contribution is 0.102. The molecule has 0 saturated carbocycles. The van der Waals surface area contributed by atoms with E-state index >= 15 is 0 Å². The Labute approximate surface area is 157 Å². The van der Waals surface area contributed by atoms with Crippen molar-refractivity contribution in [3.63, 3.8) is 0 Å². The molecule has 3 aromatic rings. The van der Waals surface area contributed by atoms with E-state index in [9.17, 15) is 4.79 Å². The van der Waals surface area contributed by atoms with Crippen LogP contribution in [0.15, 0.2) is 54.6 Å². The quantitative estimate of drug-likeness (QED) is 0.692. The maximum absolute atomic E-state index is 12.6. The Hall–Kier alpha value is -3.61. The molecular weight excluding hydrogens is 344 g/mol. The average molecular weight is 364 g/mol. The third kappa shape index (κ3) is 4.33. The van der Waals surface area contributed by atoms with Crippen molar-refractivity contribution < 1.29 is 14.3 Å². The van der Waals surface area contributed by atoms with Gasteiger partial charge in [0.25, 0.3) is 5.91 Å². The first-order valence-electron chi connectivity index (χ1n) is 8.30. The fourth-order valence-electron chi connectivity index (χ4n) is 2.51. The van der Waals surface area contributed by atoms with E-state index in [1.165, 1.54) is 14.2 Å². The van der Waals surface area contributed by atoms with E-state index in [1.54, 1.807) is 30.3 Å². The van der Waals surface area contributed by atoms with Crippen LogP contribution in [-0.2, 0) is 0 Å². The maximum Gasteiger partial charge on any atom is 0.259 e. The van der Waals surface area contributed by atoms with Gasteiger partial charge in [0.2, 0.25) is 0 Å². The van der Waals surface area contributed by atoms with Crippen molar-refractivity contribution in [2.24, 2.45) is 0 Å². The molecule has 1 amide bonds. The summed E-state index contributed by atoms with van der Waals surface area (Å²) in [5, 5.41) is 14.1. The molecule has 7 heteroatoms. The van der Waals surface area contributed by atoms with Gasteiger partial charge in [0.05, 0.1) is 25.5 Å². The van der Waals surface area contributed by atoms with Gasteiger partial charge in [-0.05, 0) is 55.5 Å². The van der Waals surface area contributed by atoms with Crippen LogP contribution in [0.3, 0.4) is 0 Å². The Morgan fingerprint density at radius 1 is 0.889 bits per heavy atom. The summed E-state index contributed by atoms with van der Waals surface area (Å²) in [5.41, 5.74) is 2.75. The number of aromatic nitrogens is 2. The van der Waals surface area contributed by atoms with Gasteiger partial charge in [-0.1, -0.05) is 6.07 Å². The van der Waals surface area contributed by atoms with Gasteiger partial charge in [0.1, 0.15) is 0 Å². The average Bonchev–Trinajstić information content (AvgIpc) is 2.70. The predicted molar refractivity (Wildman–Crippen MR) is 104 cm³/mol. The molecule has 2 N–H and O–H groups in total. The maximum atomic E-state index is 12.6. The monoisotopic (exact) mass is 364 g/mol. The van der Waals surface area contributed by atoms with Crippen molar-refractivity contribution in [1.29, 1.82) is 0 Å². The van der Waals surface area contributed by atoms with Crippen LogP contribution in [0.5, 0.6) is 11.5 Å². The van der Waals surface area contributed by atoms with Crippen molar-refractivity contribution in [2.75, 3.05) is 24.9 Å². The number of para-hydroxylation sites is 1. The molecule has 0 bridgehead atoms. The van der Waals surface area contributed by atoms with Gasteiger partial charge in [-0.15, -0.1) is 5.10 Å². The topological polar surface area (TPSA) is 85.4 Å². The van der Waals surface area contributed by atoms with Crippen LogP contribution in [0.2, 0.25) is 0 Å². The third-order valence-corrected chi connectivity index (χ3v) is 3.86. The van der Waals surface area contributed by atoms with Gasteiger partial charge in [-0.3, -0.25) is 4.79 Å². The van der Waals surface area contributed by atoms with Crippen LogP contribution in [0.25, 0.3) is 0 Å². The molecule has 0 unspecified atom stereocenters. The van der Waals surface area contributed by atoms with Crippen LogP contribution >= 0.6 is 0 Å². The van der Waals surface area contributed by atoms with E-state index in [1.807, 2.05) is 31.2 Å². The number of nitrogens with one attached hydrogen (secondary N) is 2. The fraction of sp³-hybridized carbons (Fsp3) is 0.150. The highest BCUT2D eigenvalue weighted by atomic mass is 16.5. The van der Waals surface area contributed by atoms with E-state index < -0.39 is 0 Å². The summed E-state index contributed by atoms with van der Waals surface area (Å²) in [5.74, 6) is 1.27. The molecule has 0 saturated heterocycles. The van der Waals surface area contributed by atoms with Crippen LogP contribution in [-0.4, -0.2) is 30.3 Å². The molecule has 2 aromatic carbocycles. The molecule has 27 heavy (non-hydrogen) atoms. The molecule has 0 spiro atoms. The highest BCUT2D eigenvalue weighted by Gasteiger charge is 2.16. The van der Waals surface area contributed by atoms with Crippen LogP contribution in [0.1, 0.15) is 16.1 Å². The number of carbonyl (C=O) groups is 1. The minimum Gasteiger partial charge on any atom is -0.493 e. The van der Waals surface area contributed by atoms with E-state index in [0.717, 1.165) is 11.4 Å². The molecular formula is C20H20N4O3. The van der Waals surface area contributed by atoms with E-state index in [0.29, 0.717) is 28.6 Å². The van der Waals surface area contributed by atoms with Crippen molar-refractivity contribution in [3.8, 4) is 11.5 Å². The normalized spacial score (nSPS) is 10.2. The zero-order valence-corrected chi connectivity index (χ0v) is 15.3. The van der Waals surface area contributed by atoms with Crippen molar-refractivity contribution in [2.45, 2.75) is 6.92 Å². The summed E-state index contributed by atoms with van der Waals surface area (Å²) in [4.78, 5) is 12.6. The first kappa shape index (κ1) is 18.2. The Morgan fingerprint density at radius 2 is 1.63 bits per heavy atom. The van der Waals surface area contributed by atoms with E-state index in [-0.39, 0.29) is 5.91 Å². The van der Waals surface area contributed by atoms with E-state index in [4.69, 9.17) is 9.47 Å². The molecule has 0 fully saturated rings. The zero-order valence-electron chi connectivity index (χ0n) is 15.3. The molecule has 1 aromatic heterocycles. The van der Waals surface area contributed by atoms with Crippen LogP contribution < -0.4 is 20.1 Å². The predicted octanol–water partition coefficient (Wildman–Crippen LogP) is 3.80. The lowest BCUT2D eigenvalue weighted by Crippen LogP contribution is -2.13. The van der Waals surface area contributed by atoms with Gasteiger partial charge < -0.3 is 20.1 Å². The highest BCUT2D eigenvalue weighted by molar-refractivity contribution is 6.06. The number of hydrogen-bond acceptors (Lipinski definition) is 6. The Bertz CT molecular complexity index is 925. The number of carbonyl (C=O) groups excluding carboxylic acids is 1. The van der Waals surface area contributed by atoms with Gasteiger partial charge >= 0.3 is 0 Å². The molecule has 0 atom stereocenters. The fourth-order valence-corrected chi connectivity index (χ4v) is 2.51. The van der Waals surface area contributed by atoms with Gasteiger partial charge in [-0.2, -0.15) is 5.10 Å². The number of aryl methyl sites for hydroxylation is 1. The SMILES string of the molecule is COc1cccc(C(=O)Nc2ccc(Nc3ccc(C)nn3)cc2)c1OC. The number of anilines is 3. The Balaban J connectivity index is 1.71. The summed E-state index contributed by atoms with van der Waals surface area (Å²) >= 11 is 0. The molecule has 7 nitrogen and oxygen atoms in total. The number of nitrogens with zero attached hydrogens (tertiary/aromatic N) is 2. The summed E-state index contributed by atoms with van der Waals surface area (Å²) < 4.78 is 10.5. The summed E-state index contributed by atoms with van der Waals surface area (Å²) in [7, 11) is 3.03. The minimum atomic E-state index is -0.282. The molecule has 0 radical (unpaired) electrons. The number of amides is 1. The zero-order chi connectivity index (χ0) is 19.2. The number of benzene rings is 2. The largest absolute Gasteiger partial charge is 0.493 e.